The zero-order valence-electron chi connectivity index (χ0n) is 52.0. The van der Waals surface area contributed by atoms with Gasteiger partial charge in [-0.1, -0.05) is 204 Å². The maximum Gasteiger partial charge on any atom is 0.252 e. The molecule has 0 fully saturated rings. The summed E-state index contributed by atoms with van der Waals surface area (Å²) in [5, 5.41) is 2.47. The van der Waals surface area contributed by atoms with Gasteiger partial charge in [0.15, 0.2) is 0 Å². The van der Waals surface area contributed by atoms with Crippen molar-refractivity contribution < 1.29 is 0 Å². The monoisotopic (exact) mass is 1090 g/mol. The van der Waals surface area contributed by atoms with Gasteiger partial charge in [-0.2, -0.15) is 0 Å². The highest BCUT2D eigenvalue weighted by molar-refractivity contribution is 7.00. The molecule has 3 heterocycles. The van der Waals surface area contributed by atoms with Gasteiger partial charge in [-0.05, 0) is 188 Å². The van der Waals surface area contributed by atoms with Crippen molar-refractivity contribution in [2.75, 3.05) is 14.7 Å². The number of fused-ring (bicyclic) bond motifs is 7. The third kappa shape index (κ3) is 9.23. The molecule has 0 unspecified atom stereocenters. The first-order valence-electron chi connectivity index (χ1n) is 30.3. The Morgan fingerprint density at radius 3 is 1.50 bits per heavy atom. The van der Waals surface area contributed by atoms with Crippen LogP contribution in [0.4, 0.5) is 51.2 Å². The minimum atomic E-state index is -0.0887. The molecule has 0 spiro atoms. The Hall–Kier alpha value is -8.54. The Labute approximate surface area is 500 Å². The van der Waals surface area contributed by atoms with E-state index in [-0.39, 0.29) is 28.4 Å². The summed E-state index contributed by atoms with van der Waals surface area (Å²) in [6.45, 7) is 34.8. The van der Waals surface area contributed by atoms with Gasteiger partial charge in [0.2, 0.25) is 0 Å². The molecule has 2 aliphatic rings. The number of nitrogens with zero attached hydrogens (tertiary/aromatic N) is 4. The average molecular weight is 1100 g/mol. The van der Waals surface area contributed by atoms with Crippen LogP contribution in [0.1, 0.15) is 122 Å². The van der Waals surface area contributed by atoms with E-state index in [0.29, 0.717) is 0 Å². The first-order chi connectivity index (χ1) is 39.9. The van der Waals surface area contributed by atoms with Crippen molar-refractivity contribution in [3.05, 3.63) is 245 Å². The van der Waals surface area contributed by atoms with E-state index >= 15 is 0 Å². The Morgan fingerprint density at radius 2 is 0.857 bits per heavy atom. The molecule has 5 heteroatoms. The van der Waals surface area contributed by atoms with Crippen molar-refractivity contribution in [2.45, 2.75) is 126 Å². The largest absolute Gasteiger partial charge is 0.311 e. The number of aromatic nitrogens is 1. The standard InChI is InChI=1S/C79H79BN4/c1-50-42-72-74-73(43-50)84(75-51(2)44-57(45-52(75)3)79(13,14)15)71-49-61(81(59-34-30-54(31-35-59)76(4,5)6)60-36-38-63-62-28-22-23-29-67(62)82(69(63)48-60)58-26-20-17-21-27-58)37-40-66(71)80(74)65-39-32-56(78(10,11)12)47-70(65)83(72)68-41-33-55(77(7,8)9)46-64(68)53-24-18-16-19-25-53/h16-49H,1-15H3. The summed E-state index contributed by atoms with van der Waals surface area (Å²) in [7, 11) is 0. The maximum atomic E-state index is 2.66. The van der Waals surface area contributed by atoms with Crippen molar-refractivity contribution in [1.29, 1.82) is 0 Å². The Kier molecular flexibility index (Phi) is 12.9. The van der Waals surface area contributed by atoms with E-state index in [1.54, 1.807) is 0 Å². The van der Waals surface area contributed by atoms with Gasteiger partial charge in [0, 0.05) is 61.8 Å². The average Bonchev–Trinajstić information content (AvgIpc) is 0.857. The smallest absolute Gasteiger partial charge is 0.252 e. The molecule has 0 radical (unpaired) electrons. The van der Waals surface area contributed by atoms with Gasteiger partial charge in [0.25, 0.3) is 6.71 Å². The molecule has 418 valence electrons. The van der Waals surface area contributed by atoms with Crippen LogP contribution < -0.4 is 31.1 Å². The minimum absolute atomic E-state index is 0.00759. The summed E-state index contributed by atoms with van der Waals surface area (Å²) in [6, 6.07) is 79.0. The van der Waals surface area contributed by atoms with Crippen LogP contribution in [0.2, 0.25) is 0 Å². The summed E-state index contributed by atoms with van der Waals surface area (Å²) in [4.78, 5) is 7.79. The molecule has 0 atom stereocenters. The molecule has 2 aliphatic heterocycles. The third-order valence-corrected chi connectivity index (χ3v) is 18.0. The molecule has 0 N–H and O–H groups in total. The summed E-state index contributed by atoms with van der Waals surface area (Å²) < 4.78 is 2.43. The predicted octanol–water partition coefficient (Wildman–Crippen LogP) is 20.1. The first kappa shape index (κ1) is 54.7. The molecule has 0 aliphatic carbocycles. The highest BCUT2D eigenvalue weighted by Gasteiger charge is 2.45. The lowest BCUT2D eigenvalue weighted by Gasteiger charge is -2.46. The number of benzene rings is 10. The van der Waals surface area contributed by atoms with Crippen molar-refractivity contribution >= 4 is 96.1 Å². The van der Waals surface area contributed by atoms with Gasteiger partial charge in [-0.15, -0.1) is 0 Å². The molecule has 0 bridgehead atoms. The summed E-state index contributed by atoms with van der Waals surface area (Å²) in [6.07, 6.45) is 0. The quantitative estimate of drug-likeness (QED) is 0.148. The number of para-hydroxylation sites is 2. The number of hydrogen-bond acceptors (Lipinski definition) is 3. The van der Waals surface area contributed by atoms with Crippen molar-refractivity contribution in [2.24, 2.45) is 0 Å². The molecule has 0 saturated heterocycles. The fourth-order valence-electron chi connectivity index (χ4n) is 13.5. The fourth-order valence-corrected chi connectivity index (χ4v) is 13.5. The zero-order chi connectivity index (χ0) is 58.9. The van der Waals surface area contributed by atoms with Gasteiger partial charge in [-0.25, -0.2) is 0 Å². The molecule has 11 aromatic rings. The maximum absolute atomic E-state index is 2.66. The SMILES string of the molecule is Cc1cc2c3c(c1)N(c1c(C)cc(C(C)(C)C)cc1C)c1cc(N(c4ccc(C(C)(C)C)cc4)c4ccc5c6ccccc6n(-c6ccccc6)c5c4)ccc1B3c1ccc(C(C)(C)C)cc1N2c1ccc(C(C)(C)C)cc1-c1ccccc1. The normalized spacial score (nSPS) is 13.3. The lowest BCUT2D eigenvalue weighted by molar-refractivity contribution is 0.589. The van der Waals surface area contributed by atoms with Crippen molar-refractivity contribution in [3.63, 3.8) is 0 Å². The third-order valence-electron chi connectivity index (χ3n) is 18.0. The number of anilines is 9. The number of rotatable bonds is 7. The van der Waals surface area contributed by atoms with Crippen LogP contribution in [0.5, 0.6) is 0 Å². The molecular formula is C79H79BN4. The fraction of sp³-hybridized carbons (Fsp3) is 0.241. The highest BCUT2D eigenvalue weighted by Crippen LogP contribution is 2.51. The van der Waals surface area contributed by atoms with E-state index in [2.05, 4.69) is 329 Å². The molecule has 13 rings (SSSR count). The summed E-state index contributed by atoms with van der Waals surface area (Å²) in [5.41, 5.74) is 29.2. The van der Waals surface area contributed by atoms with Crippen LogP contribution in [0, 0.1) is 20.8 Å². The zero-order valence-corrected chi connectivity index (χ0v) is 52.0. The van der Waals surface area contributed by atoms with Gasteiger partial charge in [0.05, 0.1) is 22.4 Å². The van der Waals surface area contributed by atoms with Crippen molar-refractivity contribution in [3.8, 4) is 16.8 Å². The first-order valence-corrected chi connectivity index (χ1v) is 30.3. The second kappa shape index (κ2) is 19.8. The summed E-state index contributed by atoms with van der Waals surface area (Å²) >= 11 is 0. The van der Waals surface area contributed by atoms with E-state index in [9.17, 15) is 0 Å². The molecule has 4 nitrogen and oxygen atoms in total. The van der Waals surface area contributed by atoms with E-state index < -0.39 is 0 Å². The Balaban J connectivity index is 1.11. The Morgan fingerprint density at radius 1 is 0.357 bits per heavy atom. The number of hydrogen-bond donors (Lipinski definition) is 0. The van der Waals surface area contributed by atoms with Crippen LogP contribution in [0.3, 0.4) is 0 Å². The van der Waals surface area contributed by atoms with E-state index in [4.69, 9.17) is 0 Å². The van der Waals surface area contributed by atoms with Crippen LogP contribution in [-0.4, -0.2) is 11.3 Å². The van der Waals surface area contributed by atoms with E-state index in [1.807, 2.05) is 0 Å². The van der Waals surface area contributed by atoms with Gasteiger partial charge in [0.1, 0.15) is 0 Å². The van der Waals surface area contributed by atoms with Crippen LogP contribution in [0.15, 0.2) is 206 Å². The van der Waals surface area contributed by atoms with Gasteiger partial charge in [-0.3, -0.25) is 0 Å². The molecule has 10 aromatic carbocycles. The van der Waals surface area contributed by atoms with Crippen molar-refractivity contribution in [1.82, 2.24) is 4.57 Å². The van der Waals surface area contributed by atoms with E-state index in [1.165, 1.54) is 122 Å². The topological polar surface area (TPSA) is 14.7 Å². The van der Waals surface area contributed by atoms with Gasteiger partial charge < -0.3 is 19.3 Å². The molecular weight excluding hydrogens is 1020 g/mol. The van der Waals surface area contributed by atoms with Crippen LogP contribution >= 0.6 is 0 Å². The lowest BCUT2D eigenvalue weighted by atomic mass is 9.33. The van der Waals surface area contributed by atoms with Gasteiger partial charge >= 0.3 is 0 Å². The Bertz CT molecular complexity index is 4360. The predicted molar refractivity (Wildman–Crippen MR) is 364 cm³/mol. The summed E-state index contributed by atoms with van der Waals surface area (Å²) in [5.74, 6) is 0. The molecule has 0 amide bonds. The van der Waals surface area contributed by atoms with E-state index in [0.717, 1.165) is 22.7 Å². The second-order valence-corrected chi connectivity index (χ2v) is 28.2. The van der Waals surface area contributed by atoms with Crippen LogP contribution in [0.25, 0.3) is 38.6 Å². The highest BCUT2D eigenvalue weighted by atomic mass is 15.2. The lowest BCUT2D eigenvalue weighted by Crippen LogP contribution is -2.61. The second-order valence-electron chi connectivity index (χ2n) is 28.2. The minimum Gasteiger partial charge on any atom is -0.311 e. The van der Waals surface area contributed by atoms with Crippen LogP contribution in [-0.2, 0) is 21.7 Å². The molecule has 1 aromatic heterocycles. The molecule has 0 saturated carbocycles. The molecule has 84 heavy (non-hydrogen) atoms. The number of aryl methyl sites for hydroxylation is 3.